The third-order valence-corrected chi connectivity index (χ3v) is 11.5. The number of anilines is 2. The molecule has 5 aliphatic rings. The third-order valence-electron chi connectivity index (χ3n) is 9.80. The second-order valence-corrected chi connectivity index (χ2v) is 15.5. The van der Waals surface area contributed by atoms with E-state index in [0.717, 1.165) is 38.6 Å². The summed E-state index contributed by atoms with van der Waals surface area (Å²) in [6.07, 6.45) is 5.01. The van der Waals surface area contributed by atoms with E-state index in [1.54, 1.807) is 23.6 Å². The summed E-state index contributed by atoms with van der Waals surface area (Å²) in [5.41, 5.74) is 0.174. The minimum absolute atomic E-state index is 0.0271. The molecule has 8 bridgehead atoms. The molecule has 2 aromatic rings. The van der Waals surface area contributed by atoms with Crippen molar-refractivity contribution in [2.75, 3.05) is 47.9 Å². The predicted octanol–water partition coefficient (Wildman–Crippen LogP) is 5.79. The second kappa shape index (κ2) is 12.7. The molecule has 6 heterocycles. The Morgan fingerprint density at radius 1 is 1.00 bits per heavy atom. The van der Waals surface area contributed by atoms with Gasteiger partial charge < -0.3 is 15.1 Å². The molecule has 0 aliphatic carbocycles. The maximum atomic E-state index is 15.9. The fourth-order valence-corrected chi connectivity index (χ4v) is 8.74. The summed E-state index contributed by atoms with van der Waals surface area (Å²) in [6.45, 7) is 6.12. The first-order valence-corrected chi connectivity index (χ1v) is 18.1. The Hall–Kier alpha value is -2.93. The SMILES string of the molecule is Cc1nc2c3c(n1)N(CCCCCCCN1CC(C1)CC(F)(F)c1cccc(c1F)[C@@H](C)N2)C(=O)N(C1CCS(=O)(=O)CC1)C3. The lowest BCUT2D eigenvalue weighted by molar-refractivity contribution is -0.0592. The lowest BCUT2D eigenvalue weighted by Crippen LogP contribution is -2.54. The van der Waals surface area contributed by atoms with Crippen molar-refractivity contribution in [3.05, 3.63) is 46.5 Å². The maximum absolute atomic E-state index is 15.9. The molecule has 1 N–H and O–H groups in total. The molecule has 5 aliphatic heterocycles. The molecule has 2 amide bonds. The topological polar surface area (TPSA) is 98.7 Å². The number of alkyl halides is 2. The van der Waals surface area contributed by atoms with E-state index >= 15 is 13.2 Å². The highest BCUT2D eigenvalue weighted by molar-refractivity contribution is 7.91. The number of carbonyl (C=O) groups is 1. The molecule has 9 nitrogen and oxygen atoms in total. The van der Waals surface area contributed by atoms with Gasteiger partial charge in [0, 0.05) is 37.7 Å². The molecule has 13 heteroatoms. The zero-order valence-corrected chi connectivity index (χ0v) is 26.9. The van der Waals surface area contributed by atoms with Crippen molar-refractivity contribution < 1.29 is 26.4 Å². The number of nitrogens with one attached hydrogen (secondary N) is 1. The Balaban J connectivity index is 1.35. The normalized spacial score (nSPS) is 27.6. The molecule has 1 atom stereocenters. The summed E-state index contributed by atoms with van der Waals surface area (Å²) < 4.78 is 71.2. The highest BCUT2D eigenvalue weighted by atomic mass is 32.2. The van der Waals surface area contributed by atoms with Gasteiger partial charge in [0.1, 0.15) is 33.1 Å². The van der Waals surface area contributed by atoms with Crippen LogP contribution in [0.2, 0.25) is 0 Å². The maximum Gasteiger partial charge on any atom is 0.326 e. The zero-order valence-electron chi connectivity index (χ0n) is 26.1. The Kier molecular flexibility index (Phi) is 9.04. The molecule has 1 aromatic heterocycles. The average Bonchev–Trinajstić information content (AvgIpc) is 2.95. The Bertz CT molecular complexity index is 1520. The highest BCUT2D eigenvalue weighted by Crippen LogP contribution is 2.41. The number of halogens is 3. The van der Waals surface area contributed by atoms with Crippen LogP contribution in [-0.2, 0) is 22.3 Å². The molecular formula is C32H43F3N6O3S. The summed E-state index contributed by atoms with van der Waals surface area (Å²) in [5, 5.41) is 3.27. The van der Waals surface area contributed by atoms with Crippen molar-refractivity contribution >= 4 is 27.5 Å². The Labute approximate surface area is 263 Å². The van der Waals surface area contributed by atoms with E-state index in [2.05, 4.69) is 20.2 Å². The number of nitrogens with zero attached hydrogens (tertiary/aromatic N) is 5. The molecule has 0 unspecified atom stereocenters. The van der Waals surface area contributed by atoms with Crippen LogP contribution < -0.4 is 10.2 Å². The van der Waals surface area contributed by atoms with Gasteiger partial charge in [-0.3, -0.25) is 4.90 Å². The standard InChI is InChI=1S/C32H43F3N6O3S/c1-21-25-9-8-10-27(28(25)33)32(34,35)17-23-18-39(19-23)13-6-4-3-5-7-14-40-30-26(29(36-21)37-22(2)38-30)20-41(31(40)42)24-11-15-45(43,44)16-12-24/h8-10,21,23-24H,3-7,11-20H2,1-2H3,(H,36,37,38)/t21-/m1/s1. The van der Waals surface area contributed by atoms with Crippen LogP contribution in [0.1, 0.15) is 86.8 Å². The van der Waals surface area contributed by atoms with Gasteiger partial charge in [-0.05, 0) is 52.0 Å². The van der Waals surface area contributed by atoms with Crippen LogP contribution in [0, 0.1) is 18.7 Å². The van der Waals surface area contributed by atoms with Crippen LogP contribution in [0.4, 0.5) is 29.6 Å². The van der Waals surface area contributed by atoms with E-state index < -0.39 is 33.2 Å². The fourth-order valence-electron chi connectivity index (χ4n) is 7.28. The van der Waals surface area contributed by atoms with E-state index in [1.165, 1.54) is 18.2 Å². The smallest absolute Gasteiger partial charge is 0.326 e. The molecular weight excluding hydrogens is 605 g/mol. The molecule has 2 saturated heterocycles. The van der Waals surface area contributed by atoms with Gasteiger partial charge in [0.2, 0.25) is 0 Å². The number of rotatable bonds is 1. The van der Waals surface area contributed by atoms with Crippen LogP contribution >= 0.6 is 0 Å². The highest BCUT2D eigenvalue weighted by Gasteiger charge is 2.42. The zero-order chi connectivity index (χ0) is 31.9. The van der Waals surface area contributed by atoms with Crippen molar-refractivity contribution in [2.45, 2.75) is 89.8 Å². The first-order chi connectivity index (χ1) is 21.4. The summed E-state index contributed by atoms with van der Waals surface area (Å²) in [5.74, 6) is -3.02. The van der Waals surface area contributed by atoms with Gasteiger partial charge in [-0.25, -0.2) is 36.4 Å². The molecule has 0 saturated carbocycles. The number of benzene rings is 1. The number of hydrogen-bond acceptors (Lipinski definition) is 7. The predicted molar refractivity (Wildman–Crippen MR) is 167 cm³/mol. The van der Waals surface area contributed by atoms with Gasteiger partial charge in [-0.1, -0.05) is 37.5 Å². The molecule has 7 rings (SSSR count). The average molecular weight is 649 g/mol. The van der Waals surface area contributed by atoms with Crippen LogP contribution in [0.3, 0.4) is 0 Å². The first-order valence-electron chi connectivity index (χ1n) is 16.2. The van der Waals surface area contributed by atoms with Gasteiger partial charge in [0.25, 0.3) is 5.92 Å². The number of fused-ring (bicyclic) bond motifs is 8. The van der Waals surface area contributed by atoms with Crippen molar-refractivity contribution in [3.63, 3.8) is 0 Å². The minimum atomic E-state index is -3.30. The van der Waals surface area contributed by atoms with Crippen LogP contribution in [0.5, 0.6) is 0 Å². The fraction of sp³-hybridized carbons (Fsp3) is 0.656. The number of amides is 2. The minimum Gasteiger partial charge on any atom is -0.363 e. The van der Waals surface area contributed by atoms with Crippen LogP contribution in [0.15, 0.2) is 18.2 Å². The van der Waals surface area contributed by atoms with Gasteiger partial charge >= 0.3 is 6.03 Å². The molecule has 1 aromatic carbocycles. The Morgan fingerprint density at radius 3 is 2.42 bits per heavy atom. The quantitative estimate of drug-likeness (QED) is 0.418. The first kappa shape index (κ1) is 32.0. The van der Waals surface area contributed by atoms with E-state index in [9.17, 15) is 13.2 Å². The Morgan fingerprint density at radius 2 is 1.69 bits per heavy atom. The number of urea groups is 1. The summed E-state index contributed by atoms with van der Waals surface area (Å²) in [4.78, 5) is 28.9. The van der Waals surface area contributed by atoms with E-state index in [4.69, 9.17) is 0 Å². The van der Waals surface area contributed by atoms with Crippen LogP contribution in [-0.4, -0.2) is 77.9 Å². The van der Waals surface area contributed by atoms with Crippen molar-refractivity contribution in [1.82, 2.24) is 19.8 Å². The second-order valence-electron chi connectivity index (χ2n) is 13.2. The monoisotopic (exact) mass is 648 g/mol. The molecule has 246 valence electrons. The molecule has 0 spiro atoms. The molecule has 45 heavy (non-hydrogen) atoms. The van der Waals surface area contributed by atoms with Gasteiger partial charge in [0.05, 0.1) is 35.2 Å². The molecule has 2 fully saturated rings. The van der Waals surface area contributed by atoms with E-state index in [0.29, 0.717) is 55.5 Å². The van der Waals surface area contributed by atoms with Crippen molar-refractivity contribution in [2.24, 2.45) is 5.92 Å². The summed E-state index contributed by atoms with van der Waals surface area (Å²) in [6, 6.07) is 3.00. The third kappa shape index (κ3) is 6.79. The lowest BCUT2D eigenvalue weighted by atomic mass is 9.88. The number of carbonyl (C=O) groups excluding carboxylic acids is 1. The van der Waals surface area contributed by atoms with E-state index in [1.807, 2.05) is 0 Å². The summed E-state index contributed by atoms with van der Waals surface area (Å²) >= 11 is 0. The van der Waals surface area contributed by atoms with Crippen molar-refractivity contribution in [3.8, 4) is 0 Å². The number of aryl methyl sites for hydroxylation is 1. The number of hydrogen-bond donors (Lipinski definition) is 1. The summed E-state index contributed by atoms with van der Waals surface area (Å²) in [7, 11) is -3.13. The largest absolute Gasteiger partial charge is 0.363 e. The van der Waals surface area contributed by atoms with Gasteiger partial charge in [-0.2, -0.15) is 0 Å². The number of sulfone groups is 1. The van der Waals surface area contributed by atoms with Gasteiger partial charge in [0.15, 0.2) is 0 Å². The lowest BCUT2D eigenvalue weighted by Gasteiger charge is -2.42. The van der Waals surface area contributed by atoms with Crippen molar-refractivity contribution in [1.29, 1.82) is 0 Å². The van der Waals surface area contributed by atoms with Crippen LogP contribution in [0.25, 0.3) is 0 Å². The van der Waals surface area contributed by atoms with Gasteiger partial charge in [-0.15, -0.1) is 0 Å². The molecule has 0 radical (unpaired) electrons. The van der Waals surface area contributed by atoms with E-state index in [-0.39, 0.29) is 48.0 Å². The number of aromatic nitrogens is 2.